The predicted octanol–water partition coefficient (Wildman–Crippen LogP) is 2.27. The molecule has 0 aliphatic heterocycles. The van der Waals surface area contributed by atoms with Crippen LogP contribution in [0.5, 0.6) is 0 Å². The lowest BCUT2D eigenvalue weighted by Gasteiger charge is -2.08. The van der Waals surface area contributed by atoms with Gasteiger partial charge < -0.3 is 0 Å². The lowest BCUT2D eigenvalue weighted by Crippen LogP contribution is -2.03. The number of aryl methyl sites for hydroxylation is 1. The Kier molecular flexibility index (Phi) is 3.30. The standard InChI is InChI=1S/C10H7F2N3/c1-6-4-7(5-14)15-9(10(11)12)8(6)2-3-13/h4,10H,2H2,1H3. The van der Waals surface area contributed by atoms with Crippen LogP contribution in [0.3, 0.4) is 0 Å². The monoisotopic (exact) mass is 207 g/mol. The molecule has 0 saturated carbocycles. The number of hydrogen-bond acceptors (Lipinski definition) is 3. The quantitative estimate of drug-likeness (QED) is 0.747. The van der Waals surface area contributed by atoms with Crippen molar-refractivity contribution in [2.45, 2.75) is 19.8 Å². The molecule has 0 bridgehead atoms. The van der Waals surface area contributed by atoms with Crippen LogP contribution < -0.4 is 0 Å². The topological polar surface area (TPSA) is 60.5 Å². The first-order valence-corrected chi connectivity index (χ1v) is 4.15. The number of rotatable bonds is 2. The molecule has 0 atom stereocenters. The summed E-state index contributed by atoms with van der Waals surface area (Å²) < 4.78 is 25.1. The number of halogens is 2. The van der Waals surface area contributed by atoms with E-state index in [-0.39, 0.29) is 17.7 Å². The third kappa shape index (κ3) is 2.26. The summed E-state index contributed by atoms with van der Waals surface area (Å²) in [6.07, 6.45) is -2.88. The van der Waals surface area contributed by atoms with Crippen LogP contribution in [0.1, 0.15) is 28.9 Å². The fraction of sp³-hybridized carbons (Fsp3) is 0.300. The summed E-state index contributed by atoms with van der Waals surface area (Å²) in [5.74, 6) is 0. The first kappa shape index (κ1) is 11.1. The van der Waals surface area contributed by atoms with Crippen LogP contribution in [0, 0.1) is 29.6 Å². The van der Waals surface area contributed by atoms with Crippen molar-refractivity contribution in [3.05, 3.63) is 28.6 Å². The molecule has 1 rings (SSSR count). The van der Waals surface area contributed by atoms with E-state index in [1.807, 2.05) is 0 Å². The van der Waals surface area contributed by atoms with Crippen molar-refractivity contribution in [3.8, 4) is 12.1 Å². The summed E-state index contributed by atoms with van der Waals surface area (Å²) in [6.45, 7) is 1.58. The number of pyridine rings is 1. The highest BCUT2D eigenvalue weighted by atomic mass is 19.3. The molecule has 0 amide bonds. The average Bonchev–Trinajstić information content (AvgIpc) is 2.20. The van der Waals surface area contributed by atoms with E-state index in [2.05, 4.69) is 4.98 Å². The number of nitriles is 2. The van der Waals surface area contributed by atoms with Gasteiger partial charge in [0, 0.05) is 0 Å². The Morgan fingerprint density at radius 3 is 2.60 bits per heavy atom. The van der Waals surface area contributed by atoms with Crippen LogP contribution in [0.25, 0.3) is 0 Å². The summed E-state index contributed by atoms with van der Waals surface area (Å²) in [7, 11) is 0. The number of aromatic nitrogens is 1. The molecule has 0 aromatic carbocycles. The highest BCUT2D eigenvalue weighted by molar-refractivity contribution is 5.38. The highest BCUT2D eigenvalue weighted by Gasteiger charge is 2.17. The van der Waals surface area contributed by atoms with Crippen LogP contribution >= 0.6 is 0 Å². The molecule has 0 saturated heterocycles. The third-order valence-corrected chi connectivity index (χ3v) is 1.96. The molecule has 1 aromatic heterocycles. The van der Waals surface area contributed by atoms with Crippen molar-refractivity contribution < 1.29 is 8.78 Å². The van der Waals surface area contributed by atoms with Gasteiger partial charge in [0.25, 0.3) is 6.43 Å². The number of hydrogen-bond donors (Lipinski definition) is 0. The number of alkyl halides is 2. The maximum absolute atomic E-state index is 12.6. The molecule has 5 heteroatoms. The van der Waals surface area contributed by atoms with Crippen molar-refractivity contribution in [1.82, 2.24) is 4.98 Å². The zero-order valence-corrected chi connectivity index (χ0v) is 7.96. The summed E-state index contributed by atoms with van der Waals surface area (Å²) in [5.41, 5.74) is 0.197. The molecule has 0 fully saturated rings. The molecule has 0 aliphatic rings. The fourth-order valence-corrected chi connectivity index (χ4v) is 1.27. The van der Waals surface area contributed by atoms with Gasteiger partial charge >= 0.3 is 0 Å². The second-order valence-corrected chi connectivity index (χ2v) is 2.94. The maximum atomic E-state index is 12.6. The van der Waals surface area contributed by atoms with E-state index in [1.54, 1.807) is 19.1 Å². The van der Waals surface area contributed by atoms with E-state index in [9.17, 15) is 8.78 Å². The molecule has 0 aliphatic carbocycles. The average molecular weight is 207 g/mol. The van der Waals surface area contributed by atoms with Gasteiger partial charge in [-0.05, 0) is 24.1 Å². The van der Waals surface area contributed by atoms with Gasteiger partial charge in [0.05, 0.1) is 12.5 Å². The first-order chi connectivity index (χ1) is 7.10. The van der Waals surface area contributed by atoms with Crippen LogP contribution in [-0.2, 0) is 6.42 Å². The Morgan fingerprint density at radius 1 is 1.47 bits per heavy atom. The van der Waals surface area contributed by atoms with E-state index in [0.29, 0.717) is 5.56 Å². The minimum absolute atomic E-state index is 0.0514. The van der Waals surface area contributed by atoms with Gasteiger partial charge in [0.15, 0.2) is 0 Å². The van der Waals surface area contributed by atoms with E-state index < -0.39 is 12.1 Å². The minimum atomic E-state index is -2.76. The largest absolute Gasteiger partial charge is 0.280 e. The molecular weight excluding hydrogens is 200 g/mol. The Balaban J connectivity index is 3.38. The van der Waals surface area contributed by atoms with Crippen LogP contribution in [0.4, 0.5) is 8.78 Å². The smallest absolute Gasteiger partial charge is 0.236 e. The van der Waals surface area contributed by atoms with Gasteiger partial charge in [0.1, 0.15) is 17.5 Å². The molecule has 3 nitrogen and oxygen atoms in total. The third-order valence-electron chi connectivity index (χ3n) is 1.96. The van der Waals surface area contributed by atoms with E-state index in [1.165, 1.54) is 6.07 Å². The van der Waals surface area contributed by atoms with Gasteiger partial charge in [-0.3, -0.25) is 0 Å². The van der Waals surface area contributed by atoms with E-state index in [4.69, 9.17) is 10.5 Å². The molecule has 0 unspecified atom stereocenters. The van der Waals surface area contributed by atoms with E-state index >= 15 is 0 Å². The predicted molar refractivity (Wildman–Crippen MR) is 48.0 cm³/mol. The molecule has 76 valence electrons. The molecule has 1 aromatic rings. The molecular formula is C10H7F2N3. The van der Waals surface area contributed by atoms with Crippen molar-refractivity contribution >= 4 is 0 Å². The maximum Gasteiger partial charge on any atom is 0.280 e. The molecule has 0 spiro atoms. The zero-order valence-electron chi connectivity index (χ0n) is 7.96. The molecule has 0 N–H and O–H groups in total. The van der Waals surface area contributed by atoms with Crippen LogP contribution in [-0.4, -0.2) is 4.98 Å². The second-order valence-electron chi connectivity index (χ2n) is 2.94. The summed E-state index contributed by atoms with van der Waals surface area (Å²) in [4.78, 5) is 3.51. The zero-order chi connectivity index (χ0) is 11.4. The first-order valence-electron chi connectivity index (χ1n) is 4.15. The van der Waals surface area contributed by atoms with Gasteiger partial charge in [-0.15, -0.1) is 0 Å². The normalized spacial score (nSPS) is 9.73. The molecule has 0 radical (unpaired) electrons. The highest BCUT2D eigenvalue weighted by Crippen LogP contribution is 2.24. The Bertz CT molecular complexity index is 455. The van der Waals surface area contributed by atoms with Gasteiger partial charge in [-0.25, -0.2) is 13.8 Å². The van der Waals surface area contributed by atoms with Crippen molar-refractivity contribution in [3.63, 3.8) is 0 Å². The molecule has 1 heterocycles. The van der Waals surface area contributed by atoms with Gasteiger partial charge in [-0.2, -0.15) is 10.5 Å². The summed E-state index contributed by atoms with van der Waals surface area (Å²) in [5, 5.41) is 17.1. The molecule has 15 heavy (non-hydrogen) atoms. The van der Waals surface area contributed by atoms with Crippen molar-refractivity contribution in [1.29, 1.82) is 10.5 Å². The summed E-state index contributed by atoms with van der Waals surface area (Å²) in [6, 6.07) is 4.91. The lowest BCUT2D eigenvalue weighted by atomic mass is 10.0. The van der Waals surface area contributed by atoms with Gasteiger partial charge in [-0.1, -0.05) is 0 Å². The second kappa shape index (κ2) is 4.47. The summed E-state index contributed by atoms with van der Waals surface area (Å²) >= 11 is 0. The van der Waals surface area contributed by atoms with Crippen LogP contribution in [0.15, 0.2) is 6.07 Å². The Labute approximate surface area is 85.6 Å². The van der Waals surface area contributed by atoms with E-state index in [0.717, 1.165) is 0 Å². The SMILES string of the molecule is Cc1cc(C#N)nc(C(F)F)c1CC#N. The Morgan fingerprint density at radius 2 is 2.13 bits per heavy atom. The van der Waals surface area contributed by atoms with Crippen molar-refractivity contribution in [2.24, 2.45) is 0 Å². The van der Waals surface area contributed by atoms with Crippen molar-refractivity contribution in [2.75, 3.05) is 0 Å². The minimum Gasteiger partial charge on any atom is -0.236 e. The fourth-order valence-electron chi connectivity index (χ4n) is 1.27. The van der Waals surface area contributed by atoms with Gasteiger partial charge in [0.2, 0.25) is 0 Å². The lowest BCUT2D eigenvalue weighted by molar-refractivity contribution is 0.145. The number of nitrogens with zero attached hydrogens (tertiary/aromatic N) is 3. The van der Waals surface area contributed by atoms with Crippen LogP contribution in [0.2, 0.25) is 0 Å². The Hall–Kier alpha value is -2.01.